The van der Waals surface area contributed by atoms with Gasteiger partial charge < -0.3 is 10.6 Å². The second kappa shape index (κ2) is 10.9. The van der Waals surface area contributed by atoms with E-state index in [1.807, 2.05) is 0 Å². The van der Waals surface area contributed by atoms with Gasteiger partial charge in [-0.1, -0.05) is 24.3 Å². The fourth-order valence-electron chi connectivity index (χ4n) is 4.50. The minimum atomic E-state index is -4.53. The normalized spacial score (nSPS) is 19.0. The molecule has 1 heterocycles. The van der Waals surface area contributed by atoms with Crippen molar-refractivity contribution < 1.29 is 22.8 Å². The first kappa shape index (κ1) is 25.3. The maximum absolute atomic E-state index is 12.8. The third-order valence-corrected chi connectivity index (χ3v) is 7.24. The van der Waals surface area contributed by atoms with E-state index in [4.69, 9.17) is 0 Å². The van der Waals surface area contributed by atoms with Crippen molar-refractivity contribution in [3.8, 4) is 0 Å². The van der Waals surface area contributed by atoms with Crippen LogP contribution in [0.4, 0.5) is 13.2 Å². The Kier molecular flexibility index (Phi) is 7.86. The average Bonchev–Trinajstić information content (AvgIpc) is 2.84. The Morgan fingerprint density at radius 1 is 1.11 bits per heavy atom. The highest BCUT2D eigenvalue weighted by Gasteiger charge is 2.34. The molecule has 1 fully saturated rings. The molecule has 0 bridgehead atoms. The number of thioether (sulfide) groups is 1. The first-order chi connectivity index (χ1) is 16.7. The number of nitrogens with zero attached hydrogens (tertiary/aromatic N) is 1. The maximum Gasteiger partial charge on any atom is 0.416 e. The molecule has 0 saturated carbocycles. The average molecular weight is 504 g/mol. The highest BCUT2D eigenvalue weighted by Crippen LogP contribution is 2.32. The van der Waals surface area contributed by atoms with E-state index in [0.29, 0.717) is 6.04 Å². The third-order valence-electron chi connectivity index (χ3n) is 6.50. The quantitative estimate of drug-likeness (QED) is 0.543. The summed E-state index contributed by atoms with van der Waals surface area (Å²) in [7, 11) is 0. The molecule has 0 radical (unpaired) electrons. The molecule has 1 atom stereocenters. The van der Waals surface area contributed by atoms with Crippen LogP contribution in [-0.2, 0) is 11.0 Å². The van der Waals surface area contributed by atoms with E-state index in [1.165, 1.54) is 28.2 Å². The summed E-state index contributed by atoms with van der Waals surface area (Å²) in [5.41, 5.74) is 1.63. The number of alkyl halides is 3. The van der Waals surface area contributed by atoms with Gasteiger partial charge in [-0.15, -0.1) is 11.8 Å². The number of rotatable bonds is 7. The van der Waals surface area contributed by atoms with Crippen LogP contribution in [0, 0.1) is 0 Å². The van der Waals surface area contributed by atoms with Crippen molar-refractivity contribution in [3.05, 3.63) is 71.3 Å². The summed E-state index contributed by atoms with van der Waals surface area (Å²) in [5.74, 6) is -1.07. The number of halogens is 3. The number of carbonyl (C=O) groups excluding carboxylic acids is 2. The second-order valence-corrected chi connectivity index (χ2v) is 9.75. The lowest BCUT2D eigenvalue weighted by Gasteiger charge is -2.45. The summed E-state index contributed by atoms with van der Waals surface area (Å²) >= 11 is 1.73. The maximum atomic E-state index is 12.8. The molecule has 0 spiro atoms. The van der Waals surface area contributed by atoms with Gasteiger partial charge in [-0.3, -0.25) is 14.5 Å². The van der Waals surface area contributed by atoms with E-state index in [2.05, 4.69) is 52.1 Å². The number of likely N-dealkylation sites (tertiary alicyclic amines) is 1. The summed E-state index contributed by atoms with van der Waals surface area (Å²) < 4.78 is 38.5. The minimum Gasteiger partial charge on any atom is -0.349 e. The second-order valence-electron chi connectivity index (χ2n) is 8.87. The van der Waals surface area contributed by atoms with E-state index in [1.54, 1.807) is 11.8 Å². The molecule has 5 nitrogen and oxygen atoms in total. The van der Waals surface area contributed by atoms with Crippen LogP contribution in [-0.4, -0.2) is 54.7 Å². The molecule has 2 N–H and O–H groups in total. The van der Waals surface area contributed by atoms with Crippen molar-refractivity contribution >= 4 is 29.1 Å². The molecule has 1 aliphatic carbocycles. The van der Waals surface area contributed by atoms with Gasteiger partial charge in [0.15, 0.2) is 0 Å². The van der Waals surface area contributed by atoms with Gasteiger partial charge in [-0.25, -0.2) is 0 Å². The zero-order chi connectivity index (χ0) is 25.0. The molecule has 2 aromatic rings. The van der Waals surface area contributed by atoms with E-state index in [0.717, 1.165) is 44.5 Å². The van der Waals surface area contributed by atoms with Gasteiger partial charge in [0.05, 0.1) is 18.2 Å². The lowest BCUT2D eigenvalue weighted by molar-refractivity contribution is -0.137. The SMILES string of the molecule is CSc1ccc(C2=CCC(N3CC(NC(=O)CNC(=O)c4cccc(C(F)(F)F)c4)C3)CC2)cc1. The first-order valence-corrected chi connectivity index (χ1v) is 12.8. The van der Waals surface area contributed by atoms with Gasteiger partial charge in [0.1, 0.15) is 0 Å². The molecular weight excluding hydrogens is 475 g/mol. The van der Waals surface area contributed by atoms with Crippen molar-refractivity contribution in [2.45, 2.75) is 42.4 Å². The van der Waals surface area contributed by atoms with Crippen molar-refractivity contribution in [2.24, 2.45) is 0 Å². The Morgan fingerprint density at radius 2 is 1.86 bits per heavy atom. The van der Waals surface area contributed by atoms with Gasteiger partial charge in [-0.2, -0.15) is 13.2 Å². The number of carbonyl (C=O) groups is 2. The molecule has 1 unspecified atom stereocenters. The molecule has 4 rings (SSSR count). The smallest absolute Gasteiger partial charge is 0.349 e. The molecule has 9 heteroatoms. The van der Waals surface area contributed by atoms with Crippen LogP contribution in [0.1, 0.15) is 40.7 Å². The van der Waals surface area contributed by atoms with Crippen LogP contribution in [0.3, 0.4) is 0 Å². The van der Waals surface area contributed by atoms with Gasteiger partial charge in [0.2, 0.25) is 5.91 Å². The molecule has 2 aliphatic rings. The van der Waals surface area contributed by atoms with Crippen LogP contribution in [0.15, 0.2) is 59.5 Å². The molecule has 2 amide bonds. The Balaban J connectivity index is 1.18. The third kappa shape index (κ3) is 6.46. The summed E-state index contributed by atoms with van der Waals surface area (Å²) in [6.45, 7) is 1.23. The molecule has 2 aromatic carbocycles. The summed E-state index contributed by atoms with van der Waals surface area (Å²) in [6, 6.07) is 13.3. The van der Waals surface area contributed by atoms with Crippen LogP contribution in [0.2, 0.25) is 0 Å². The van der Waals surface area contributed by atoms with E-state index < -0.39 is 17.6 Å². The first-order valence-electron chi connectivity index (χ1n) is 11.6. The summed E-state index contributed by atoms with van der Waals surface area (Å²) in [4.78, 5) is 28.0. The van der Waals surface area contributed by atoms with Crippen molar-refractivity contribution in [1.82, 2.24) is 15.5 Å². The molecule has 0 aromatic heterocycles. The lowest BCUT2D eigenvalue weighted by atomic mass is 9.88. The summed E-state index contributed by atoms with van der Waals surface area (Å²) in [6.07, 6.45) is 2.94. The number of benzene rings is 2. The van der Waals surface area contributed by atoms with Gasteiger partial charge in [-0.05, 0) is 67.0 Å². The van der Waals surface area contributed by atoms with Crippen molar-refractivity contribution in [1.29, 1.82) is 0 Å². The molecular formula is C26H28F3N3O2S. The summed E-state index contributed by atoms with van der Waals surface area (Å²) in [5, 5.41) is 5.27. The Morgan fingerprint density at radius 3 is 2.49 bits per heavy atom. The highest BCUT2D eigenvalue weighted by molar-refractivity contribution is 7.98. The van der Waals surface area contributed by atoms with Crippen LogP contribution in [0.25, 0.3) is 5.57 Å². The van der Waals surface area contributed by atoms with Crippen LogP contribution < -0.4 is 10.6 Å². The topological polar surface area (TPSA) is 61.4 Å². The van der Waals surface area contributed by atoms with Gasteiger partial charge >= 0.3 is 6.18 Å². The predicted octanol–water partition coefficient (Wildman–Crippen LogP) is 4.59. The van der Waals surface area contributed by atoms with Crippen LogP contribution >= 0.6 is 11.8 Å². The molecule has 35 heavy (non-hydrogen) atoms. The van der Waals surface area contributed by atoms with E-state index in [-0.39, 0.29) is 24.1 Å². The largest absolute Gasteiger partial charge is 0.416 e. The Hall–Kier alpha value is -2.78. The number of amides is 2. The number of hydrogen-bond donors (Lipinski definition) is 2. The van der Waals surface area contributed by atoms with Gasteiger partial charge in [0, 0.05) is 29.6 Å². The van der Waals surface area contributed by atoms with Gasteiger partial charge in [0.25, 0.3) is 5.91 Å². The van der Waals surface area contributed by atoms with E-state index >= 15 is 0 Å². The number of nitrogens with one attached hydrogen (secondary N) is 2. The molecule has 1 saturated heterocycles. The number of allylic oxidation sites excluding steroid dienone is 1. The van der Waals surface area contributed by atoms with E-state index in [9.17, 15) is 22.8 Å². The van der Waals surface area contributed by atoms with Crippen molar-refractivity contribution in [3.63, 3.8) is 0 Å². The predicted molar refractivity (Wildman–Crippen MR) is 131 cm³/mol. The minimum absolute atomic E-state index is 0.0115. The monoisotopic (exact) mass is 503 g/mol. The molecule has 1 aliphatic heterocycles. The lowest BCUT2D eigenvalue weighted by Crippen LogP contribution is -2.63. The highest BCUT2D eigenvalue weighted by atomic mass is 32.2. The fraction of sp³-hybridized carbons (Fsp3) is 0.385. The Bertz CT molecular complexity index is 1100. The van der Waals surface area contributed by atoms with Crippen LogP contribution in [0.5, 0.6) is 0 Å². The Labute approximate surface area is 207 Å². The zero-order valence-electron chi connectivity index (χ0n) is 19.4. The standard InChI is InChI=1S/C26H28F3N3O2S/c1-35-23-11-7-18(8-12-23)17-5-9-22(10-6-17)32-15-21(16-32)31-24(33)14-30-25(34)19-3-2-4-20(13-19)26(27,28)29/h2-5,7-8,11-13,21-22H,6,9-10,14-16H2,1H3,(H,30,34)(H,31,33). The molecule has 186 valence electrons. The van der Waals surface area contributed by atoms with Crippen molar-refractivity contribution in [2.75, 3.05) is 25.9 Å². The number of hydrogen-bond acceptors (Lipinski definition) is 4. The zero-order valence-corrected chi connectivity index (χ0v) is 20.2. The fourth-order valence-corrected chi connectivity index (χ4v) is 4.91.